The largest absolute Gasteiger partial charge is 0.394 e. The van der Waals surface area contributed by atoms with Crippen molar-refractivity contribution in [3.8, 4) is 0 Å². The van der Waals surface area contributed by atoms with Gasteiger partial charge in [0.05, 0.1) is 18.9 Å². The summed E-state index contributed by atoms with van der Waals surface area (Å²) in [4.78, 5) is 13.1. The number of rotatable bonds is 2. The van der Waals surface area contributed by atoms with Gasteiger partial charge in [-0.05, 0) is 6.42 Å². The van der Waals surface area contributed by atoms with Crippen LogP contribution in [0.15, 0.2) is 0 Å². The molecule has 5 N–H and O–H groups in total. The summed E-state index contributed by atoms with van der Waals surface area (Å²) in [6.45, 7) is 0.259. The van der Waals surface area contributed by atoms with Gasteiger partial charge in [-0.2, -0.15) is 0 Å². The average Bonchev–Trinajstić information content (AvgIpc) is 2.59. The Morgan fingerprint density at radius 1 is 1.62 bits per heavy atom. The molecule has 0 bridgehead atoms. The molecule has 0 aromatic heterocycles. The number of urea groups is 1. The lowest BCUT2D eigenvalue weighted by Crippen LogP contribution is -2.58. The first kappa shape index (κ1) is 11.6. The number of aliphatic hydroxyl groups is 2. The number of nitrogens with zero attached hydrogens (tertiary/aromatic N) is 1. The molecule has 7 heteroatoms. The maximum atomic E-state index is 11.6. The molecule has 16 heavy (non-hydrogen) atoms. The lowest BCUT2D eigenvalue weighted by molar-refractivity contribution is -0.0676. The number of nitrogens with two attached hydrogens (primary N) is 1. The van der Waals surface area contributed by atoms with Gasteiger partial charge in [-0.25, -0.2) is 4.79 Å². The summed E-state index contributed by atoms with van der Waals surface area (Å²) in [6, 6.07) is -0.283. The first-order valence-corrected chi connectivity index (χ1v) is 5.39. The smallest absolute Gasteiger partial charge is 0.320 e. The Kier molecular flexibility index (Phi) is 3.29. The quantitative estimate of drug-likeness (QED) is 0.446. The van der Waals surface area contributed by atoms with Gasteiger partial charge in [0.2, 0.25) is 0 Å². The standard InChI is InChI=1S/C9H17N3O4/c10-7-1-2-12(9(15)11-7)8-3-5(14)6(4-13)16-8/h5-8,13-14H,1-4,10H2,(H,11,15)/t5-,6+,7?,8?/m0/s1. The van der Waals surface area contributed by atoms with Gasteiger partial charge >= 0.3 is 6.03 Å². The number of carbonyl (C=O) groups excluding carboxylic acids is 1. The van der Waals surface area contributed by atoms with E-state index in [9.17, 15) is 9.90 Å². The van der Waals surface area contributed by atoms with Gasteiger partial charge in [0.15, 0.2) is 0 Å². The van der Waals surface area contributed by atoms with Gasteiger partial charge in [-0.1, -0.05) is 0 Å². The van der Waals surface area contributed by atoms with Gasteiger partial charge in [-0.15, -0.1) is 0 Å². The van der Waals surface area contributed by atoms with E-state index in [-0.39, 0.29) is 18.8 Å². The van der Waals surface area contributed by atoms with Crippen LogP contribution in [-0.2, 0) is 4.74 Å². The van der Waals surface area contributed by atoms with Gasteiger partial charge in [0, 0.05) is 13.0 Å². The molecule has 2 amide bonds. The Bertz CT molecular complexity index is 275. The topological polar surface area (TPSA) is 108 Å². The van der Waals surface area contributed by atoms with Crippen LogP contribution < -0.4 is 11.1 Å². The second-order valence-electron chi connectivity index (χ2n) is 4.15. The molecule has 0 saturated carbocycles. The fourth-order valence-electron chi connectivity index (χ4n) is 2.04. The minimum absolute atomic E-state index is 0.243. The van der Waals surface area contributed by atoms with E-state index in [0.717, 1.165) is 0 Å². The van der Waals surface area contributed by atoms with Crippen LogP contribution in [0.25, 0.3) is 0 Å². The third kappa shape index (κ3) is 2.12. The average molecular weight is 231 g/mol. The highest BCUT2D eigenvalue weighted by atomic mass is 16.5. The number of hydrogen-bond donors (Lipinski definition) is 4. The van der Waals surface area contributed by atoms with Crippen molar-refractivity contribution < 1.29 is 19.7 Å². The van der Waals surface area contributed by atoms with Crippen LogP contribution in [0.3, 0.4) is 0 Å². The van der Waals surface area contributed by atoms with Crippen molar-refractivity contribution in [2.45, 2.75) is 37.4 Å². The summed E-state index contributed by atoms with van der Waals surface area (Å²) in [5.74, 6) is 0. The summed E-state index contributed by atoms with van der Waals surface area (Å²) in [5, 5.41) is 21.1. The van der Waals surface area contributed by atoms with Crippen LogP contribution in [-0.4, -0.2) is 58.9 Å². The van der Waals surface area contributed by atoms with E-state index in [1.807, 2.05) is 0 Å². The maximum absolute atomic E-state index is 11.6. The Morgan fingerprint density at radius 3 is 2.94 bits per heavy atom. The molecule has 92 valence electrons. The van der Waals surface area contributed by atoms with Crippen molar-refractivity contribution >= 4 is 6.03 Å². The minimum atomic E-state index is -0.724. The summed E-state index contributed by atoms with van der Waals surface area (Å²) in [6.07, 6.45) is -1.14. The van der Waals surface area contributed by atoms with E-state index in [1.54, 1.807) is 0 Å². The number of hydrogen-bond acceptors (Lipinski definition) is 5. The molecule has 2 unspecified atom stereocenters. The van der Waals surface area contributed by atoms with Gasteiger partial charge in [0.25, 0.3) is 0 Å². The Hall–Kier alpha value is -0.890. The lowest BCUT2D eigenvalue weighted by atomic mass is 10.1. The molecule has 0 aliphatic carbocycles. The van der Waals surface area contributed by atoms with E-state index < -0.39 is 18.4 Å². The van der Waals surface area contributed by atoms with Crippen LogP contribution in [0.5, 0.6) is 0 Å². The number of ether oxygens (including phenoxy) is 1. The molecule has 0 aromatic rings. The number of aliphatic hydroxyl groups excluding tert-OH is 2. The fraction of sp³-hybridized carbons (Fsp3) is 0.889. The second-order valence-corrected chi connectivity index (χ2v) is 4.15. The highest BCUT2D eigenvalue weighted by molar-refractivity contribution is 5.75. The zero-order chi connectivity index (χ0) is 11.7. The van der Waals surface area contributed by atoms with Crippen LogP contribution in [0.2, 0.25) is 0 Å². The van der Waals surface area contributed by atoms with E-state index in [0.29, 0.717) is 19.4 Å². The molecule has 0 spiro atoms. The lowest BCUT2D eigenvalue weighted by Gasteiger charge is -2.34. The van der Waals surface area contributed by atoms with Crippen molar-refractivity contribution in [1.82, 2.24) is 10.2 Å². The van der Waals surface area contributed by atoms with Gasteiger partial charge in [0.1, 0.15) is 12.3 Å². The second kappa shape index (κ2) is 4.54. The Labute approximate surface area is 93.2 Å². The monoisotopic (exact) mass is 231 g/mol. The molecule has 2 fully saturated rings. The van der Waals surface area contributed by atoms with Crippen molar-refractivity contribution in [1.29, 1.82) is 0 Å². The molecule has 4 atom stereocenters. The molecule has 2 saturated heterocycles. The molecule has 0 radical (unpaired) electrons. The first-order valence-electron chi connectivity index (χ1n) is 5.39. The van der Waals surface area contributed by atoms with Crippen LogP contribution >= 0.6 is 0 Å². The van der Waals surface area contributed by atoms with E-state index in [4.69, 9.17) is 15.6 Å². The molecule has 2 rings (SSSR count). The summed E-state index contributed by atoms with van der Waals surface area (Å²) in [5.41, 5.74) is 5.58. The number of nitrogens with one attached hydrogen (secondary N) is 1. The van der Waals surface area contributed by atoms with E-state index >= 15 is 0 Å². The highest BCUT2D eigenvalue weighted by Crippen LogP contribution is 2.24. The fourth-order valence-corrected chi connectivity index (χ4v) is 2.04. The van der Waals surface area contributed by atoms with Gasteiger partial charge in [-0.3, -0.25) is 4.90 Å². The van der Waals surface area contributed by atoms with E-state index in [2.05, 4.69) is 5.32 Å². The van der Waals surface area contributed by atoms with Crippen molar-refractivity contribution in [2.75, 3.05) is 13.2 Å². The first-order chi connectivity index (χ1) is 7.61. The highest BCUT2D eigenvalue weighted by Gasteiger charge is 2.39. The van der Waals surface area contributed by atoms with Crippen molar-refractivity contribution in [3.63, 3.8) is 0 Å². The van der Waals surface area contributed by atoms with Crippen LogP contribution in [0, 0.1) is 0 Å². The molecule has 2 heterocycles. The Balaban J connectivity index is 1.96. The minimum Gasteiger partial charge on any atom is -0.394 e. The van der Waals surface area contributed by atoms with Crippen LogP contribution in [0.4, 0.5) is 4.79 Å². The maximum Gasteiger partial charge on any atom is 0.320 e. The molecule has 0 aromatic carbocycles. The predicted octanol–water partition coefficient (Wildman–Crippen LogP) is -1.85. The summed E-state index contributed by atoms with van der Waals surface area (Å²) in [7, 11) is 0. The normalized spacial score (nSPS) is 39.9. The number of carbonyl (C=O) groups is 1. The third-order valence-electron chi connectivity index (χ3n) is 2.98. The molecular weight excluding hydrogens is 214 g/mol. The summed E-state index contributed by atoms with van der Waals surface area (Å²) < 4.78 is 5.39. The molecule has 7 nitrogen and oxygen atoms in total. The summed E-state index contributed by atoms with van der Waals surface area (Å²) >= 11 is 0. The predicted molar refractivity (Wildman–Crippen MR) is 54.2 cm³/mol. The zero-order valence-electron chi connectivity index (χ0n) is 8.87. The van der Waals surface area contributed by atoms with Crippen molar-refractivity contribution in [3.05, 3.63) is 0 Å². The van der Waals surface area contributed by atoms with E-state index in [1.165, 1.54) is 4.90 Å². The zero-order valence-corrected chi connectivity index (χ0v) is 8.87. The SMILES string of the molecule is NC1CCN(C2C[C@H](O)[C@@H](CO)O2)C(=O)N1. The molecular formula is C9H17N3O4. The molecule has 2 aliphatic heterocycles. The third-order valence-corrected chi connectivity index (χ3v) is 2.98. The van der Waals surface area contributed by atoms with Gasteiger partial charge < -0.3 is 26.0 Å². The van der Waals surface area contributed by atoms with Crippen LogP contribution in [0.1, 0.15) is 12.8 Å². The Morgan fingerprint density at radius 2 is 2.38 bits per heavy atom. The number of amides is 2. The molecule has 2 aliphatic rings. The van der Waals surface area contributed by atoms with Crippen molar-refractivity contribution in [2.24, 2.45) is 5.73 Å².